The van der Waals surface area contributed by atoms with Gasteiger partial charge in [-0.1, -0.05) is 6.07 Å². The molecule has 0 spiro atoms. The number of benzene rings is 1. The summed E-state index contributed by atoms with van der Waals surface area (Å²) in [7, 11) is 1.47. The molecule has 3 N–H and O–H groups in total. The minimum Gasteiger partial charge on any atom is -0.494 e. The zero-order valence-corrected chi connectivity index (χ0v) is 20.9. The molecule has 3 heterocycles. The monoisotopic (exact) mass is 529 g/mol. The molecule has 2 saturated carbocycles. The van der Waals surface area contributed by atoms with Gasteiger partial charge in [0.2, 0.25) is 5.91 Å². The van der Waals surface area contributed by atoms with Crippen LogP contribution in [-0.2, 0) is 4.79 Å². The van der Waals surface area contributed by atoms with Gasteiger partial charge in [-0.3, -0.25) is 9.59 Å². The molecule has 4 aromatic rings. The Labute approximate surface area is 227 Å². The van der Waals surface area contributed by atoms with Gasteiger partial charge in [0, 0.05) is 35.5 Å². The molecule has 13 nitrogen and oxygen atoms in total. The molecule has 6 rings (SSSR count). The predicted molar refractivity (Wildman–Crippen MR) is 141 cm³/mol. The van der Waals surface area contributed by atoms with Crippen LogP contribution in [0.4, 0.5) is 17.2 Å². The van der Waals surface area contributed by atoms with Crippen LogP contribution in [0.3, 0.4) is 0 Å². The van der Waals surface area contributed by atoms with Crippen molar-refractivity contribution in [2.45, 2.75) is 31.7 Å². The van der Waals surface area contributed by atoms with Crippen molar-refractivity contribution in [3.8, 4) is 28.5 Å². The minimum absolute atomic E-state index is 0.0883. The van der Waals surface area contributed by atoms with Gasteiger partial charge < -0.3 is 20.7 Å². The molecule has 2 aliphatic carbocycles. The molecule has 0 radical (unpaired) electrons. The third-order valence-electron chi connectivity index (χ3n) is 6.39. The quantitative estimate of drug-likeness (QED) is 0.294. The number of hydrogen-bond donors (Lipinski definition) is 3. The van der Waals surface area contributed by atoms with Crippen LogP contribution in [0.1, 0.15) is 46.3 Å². The summed E-state index contributed by atoms with van der Waals surface area (Å²) in [5, 5.41) is 20.0. The first-order chi connectivity index (χ1) is 20.2. The van der Waals surface area contributed by atoms with Crippen LogP contribution < -0.4 is 20.7 Å². The normalized spacial score (nSPS) is 16.0. The first-order valence-electron chi connectivity index (χ1n) is 13.9. The third-order valence-corrected chi connectivity index (χ3v) is 6.39. The molecule has 2 aliphatic rings. The van der Waals surface area contributed by atoms with Gasteiger partial charge in [0.1, 0.15) is 6.33 Å². The van der Waals surface area contributed by atoms with E-state index in [4.69, 9.17) is 8.85 Å². The van der Waals surface area contributed by atoms with E-state index in [0.29, 0.717) is 40.3 Å². The second-order valence-corrected chi connectivity index (χ2v) is 9.30. The number of carbonyl (C=O) groups is 2. The number of nitrogens with one attached hydrogen (secondary N) is 3. The van der Waals surface area contributed by atoms with Crippen LogP contribution in [0.2, 0.25) is 0 Å². The predicted octanol–water partition coefficient (Wildman–Crippen LogP) is 2.99. The number of ether oxygens (including phenoxy) is 1. The Morgan fingerprint density at radius 1 is 1.05 bits per heavy atom. The van der Waals surface area contributed by atoms with E-state index in [1.807, 2.05) is 10.00 Å². The fourth-order valence-corrected chi connectivity index (χ4v) is 4.03. The summed E-state index contributed by atoms with van der Waals surface area (Å²) in [6, 6.07) is 7.02. The Morgan fingerprint density at radius 2 is 1.87 bits per heavy atom. The van der Waals surface area contributed by atoms with Crippen LogP contribution in [0.15, 0.2) is 43.0 Å². The van der Waals surface area contributed by atoms with Crippen molar-refractivity contribution < 1.29 is 18.4 Å². The van der Waals surface area contributed by atoms with Gasteiger partial charge in [-0.25, -0.2) is 19.6 Å². The van der Waals surface area contributed by atoms with E-state index < -0.39 is 12.9 Å². The van der Waals surface area contributed by atoms with Crippen LogP contribution >= 0.6 is 0 Å². The lowest BCUT2D eigenvalue weighted by Gasteiger charge is -2.16. The molecule has 3 aromatic heterocycles. The maximum absolute atomic E-state index is 12.8. The van der Waals surface area contributed by atoms with Crippen molar-refractivity contribution in [3.63, 3.8) is 0 Å². The standard InChI is InChI=1S/C26H26N10O3/c1-27-26(38)21-19(10-20(33-34-21)32-25(37)14-6-7-14)31-18-5-3-4-17(22(18)39-2)24-28-11-15(12-29-24)23-30-13-36(35-23)16-8-9-16/h3-5,10-14,16H,6-9H2,1-2H3,(H,27,38)(H2,31,32,33,37)/i1D3. The average Bonchev–Trinajstić information content (AvgIpc) is 3.90. The van der Waals surface area contributed by atoms with Gasteiger partial charge >= 0.3 is 0 Å². The van der Waals surface area contributed by atoms with E-state index in [2.05, 4.69) is 40.9 Å². The number of hydrogen-bond acceptors (Lipinski definition) is 10. The maximum atomic E-state index is 12.8. The summed E-state index contributed by atoms with van der Waals surface area (Å²) >= 11 is 0. The minimum atomic E-state index is -2.75. The Balaban J connectivity index is 1.30. The van der Waals surface area contributed by atoms with Crippen molar-refractivity contribution in [1.29, 1.82) is 0 Å². The number of para-hydroxylation sites is 1. The Bertz CT molecular complexity index is 1650. The number of anilines is 3. The second kappa shape index (κ2) is 10.1. The third kappa shape index (κ3) is 5.10. The zero-order valence-electron chi connectivity index (χ0n) is 23.9. The molecular formula is C26H26N10O3. The molecule has 0 saturated heterocycles. The van der Waals surface area contributed by atoms with Crippen LogP contribution in [0.25, 0.3) is 22.8 Å². The Morgan fingerprint density at radius 3 is 2.59 bits per heavy atom. The molecule has 2 amide bonds. The van der Waals surface area contributed by atoms with Gasteiger partial charge in [-0.15, -0.1) is 10.2 Å². The lowest BCUT2D eigenvalue weighted by molar-refractivity contribution is -0.117. The Hall–Kier alpha value is -4.94. The maximum Gasteiger partial charge on any atom is 0.273 e. The highest BCUT2D eigenvalue weighted by Gasteiger charge is 2.30. The van der Waals surface area contributed by atoms with Gasteiger partial charge in [0.15, 0.2) is 28.9 Å². The van der Waals surface area contributed by atoms with Crippen LogP contribution in [0.5, 0.6) is 5.75 Å². The largest absolute Gasteiger partial charge is 0.494 e. The number of carbonyl (C=O) groups excluding carboxylic acids is 2. The second-order valence-electron chi connectivity index (χ2n) is 9.30. The van der Waals surface area contributed by atoms with E-state index >= 15 is 0 Å². The van der Waals surface area contributed by atoms with Gasteiger partial charge in [-0.05, 0) is 37.8 Å². The number of aromatic nitrogens is 7. The van der Waals surface area contributed by atoms with Crippen molar-refractivity contribution in [2.24, 2.45) is 5.92 Å². The summed E-state index contributed by atoms with van der Waals surface area (Å²) in [4.78, 5) is 38.5. The summed E-state index contributed by atoms with van der Waals surface area (Å²) in [6.45, 7) is -2.75. The summed E-state index contributed by atoms with van der Waals surface area (Å²) < 4.78 is 29.8. The summed E-state index contributed by atoms with van der Waals surface area (Å²) in [5.74, 6) is 0.0894. The number of amides is 2. The highest BCUT2D eigenvalue weighted by atomic mass is 16.5. The molecule has 0 unspecified atom stereocenters. The van der Waals surface area contributed by atoms with Crippen molar-refractivity contribution >= 4 is 29.0 Å². The lowest BCUT2D eigenvalue weighted by Crippen LogP contribution is -2.22. The molecule has 0 aliphatic heterocycles. The van der Waals surface area contributed by atoms with Crippen molar-refractivity contribution in [3.05, 3.63) is 48.7 Å². The van der Waals surface area contributed by atoms with Gasteiger partial charge in [0.25, 0.3) is 5.91 Å². The molecule has 1 aromatic carbocycles. The molecule has 13 heteroatoms. The Kier molecular flexibility index (Phi) is 5.44. The lowest BCUT2D eigenvalue weighted by atomic mass is 10.1. The van der Waals surface area contributed by atoms with Crippen molar-refractivity contribution in [1.82, 2.24) is 40.2 Å². The fourth-order valence-electron chi connectivity index (χ4n) is 4.03. The smallest absolute Gasteiger partial charge is 0.273 e. The molecule has 198 valence electrons. The molecular weight excluding hydrogens is 500 g/mol. The first-order valence-corrected chi connectivity index (χ1v) is 12.4. The van der Waals surface area contributed by atoms with E-state index in [-0.39, 0.29) is 29.0 Å². The van der Waals surface area contributed by atoms with Gasteiger partial charge in [-0.2, -0.15) is 5.10 Å². The van der Waals surface area contributed by atoms with E-state index in [0.717, 1.165) is 25.7 Å². The fraction of sp³-hybridized carbons (Fsp3) is 0.308. The molecule has 39 heavy (non-hydrogen) atoms. The summed E-state index contributed by atoms with van der Waals surface area (Å²) in [5.41, 5.74) is 1.43. The number of rotatable bonds is 9. The molecule has 0 bridgehead atoms. The van der Waals surface area contributed by atoms with Gasteiger partial charge in [0.05, 0.1) is 35.7 Å². The highest BCUT2D eigenvalue weighted by Crippen LogP contribution is 2.38. The topological polar surface area (TPSA) is 162 Å². The SMILES string of the molecule is [2H]C([2H])([2H])NC(=O)c1nnc(NC(=O)C2CC2)cc1Nc1cccc(-c2ncc(-c3ncn(C4CC4)n3)cn2)c1OC. The van der Waals surface area contributed by atoms with E-state index in [9.17, 15) is 9.59 Å². The molecule has 2 fully saturated rings. The van der Waals surface area contributed by atoms with Crippen molar-refractivity contribution in [2.75, 3.05) is 24.7 Å². The number of methoxy groups -OCH3 is 1. The number of nitrogens with zero attached hydrogens (tertiary/aromatic N) is 7. The average molecular weight is 530 g/mol. The first kappa shape index (κ1) is 21.0. The highest BCUT2D eigenvalue weighted by molar-refractivity contribution is 6.00. The molecule has 0 atom stereocenters. The summed E-state index contributed by atoms with van der Waals surface area (Å²) in [6.07, 6.45) is 8.75. The zero-order chi connectivity index (χ0) is 29.4. The van der Waals surface area contributed by atoms with E-state index in [1.165, 1.54) is 13.2 Å². The van der Waals surface area contributed by atoms with Crippen LogP contribution in [-0.4, -0.2) is 60.8 Å². The van der Waals surface area contributed by atoms with E-state index in [1.54, 1.807) is 36.9 Å². The van der Waals surface area contributed by atoms with Crippen LogP contribution in [0, 0.1) is 5.92 Å².